The standard InChI is InChI=1S/C11H9BrN6O/c12-6-7(5-1-2-5)17-18(11(6)19)10-8-9(14-3-13-8)15-4-16-10/h3-5,17H,1-2H2,(H,13,14,15,16). The molecule has 0 aliphatic heterocycles. The molecule has 96 valence electrons. The molecular formula is C11H9BrN6O. The third-order valence-corrected chi connectivity index (χ3v) is 4.03. The molecule has 1 saturated carbocycles. The van der Waals surface area contributed by atoms with Gasteiger partial charge in [0.1, 0.15) is 16.3 Å². The molecule has 0 amide bonds. The molecular weight excluding hydrogens is 312 g/mol. The van der Waals surface area contributed by atoms with Crippen molar-refractivity contribution in [3.63, 3.8) is 0 Å². The predicted octanol–water partition coefficient (Wildman–Crippen LogP) is 1.47. The highest BCUT2D eigenvalue weighted by Crippen LogP contribution is 2.41. The Balaban J connectivity index is 1.99. The number of aromatic nitrogens is 6. The first kappa shape index (κ1) is 10.9. The van der Waals surface area contributed by atoms with E-state index in [9.17, 15) is 4.79 Å². The molecule has 3 heterocycles. The van der Waals surface area contributed by atoms with Crippen molar-refractivity contribution in [2.75, 3.05) is 0 Å². The van der Waals surface area contributed by atoms with Gasteiger partial charge in [0.05, 0.1) is 12.0 Å². The third-order valence-electron chi connectivity index (χ3n) is 3.26. The molecule has 0 bridgehead atoms. The number of fused-ring (bicyclic) bond motifs is 1. The highest BCUT2D eigenvalue weighted by molar-refractivity contribution is 9.10. The Hall–Kier alpha value is -1.96. The summed E-state index contributed by atoms with van der Waals surface area (Å²) in [5.74, 6) is 0.933. The maximum atomic E-state index is 12.3. The number of imidazole rings is 1. The molecule has 7 nitrogen and oxygen atoms in total. The van der Waals surface area contributed by atoms with Crippen LogP contribution in [0.15, 0.2) is 21.9 Å². The van der Waals surface area contributed by atoms with Gasteiger partial charge < -0.3 is 4.98 Å². The van der Waals surface area contributed by atoms with E-state index in [0.717, 1.165) is 18.5 Å². The van der Waals surface area contributed by atoms with E-state index in [0.29, 0.717) is 27.4 Å². The SMILES string of the molecule is O=c1c(Br)c(C2CC2)[nH]n1-c1ncnc2nc[nH]c12. The lowest BCUT2D eigenvalue weighted by atomic mass is 10.3. The smallest absolute Gasteiger partial charge is 0.287 e. The van der Waals surface area contributed by atoms with Crippen LogP contribution in [-0.2, 0) is 0 Å². The fraction of sp³-hybridized carbons (Fsp3) is 0.273. The van der Waals surface area contributed by atoms with Crippen LogP contribution in [0.4, 0.5) is 0 Å². The molecule has 3 aromatic rings. The van der Waals surface area contributed by atoms with Crippen LogP contribution in [0, 0.1) is 0 Å². The third kappa shape index (κ3) is 1.56. The van der Waals surface area contributed by atoms with Crippen LogP contribution in [0.5, 0.6) is 0 Å². The average molecular weight is 321 g/mol. The molecule has 8 heteroatoms. The van der Waals surface area contributed by atoms with Crippen LogP contribution < -0.4 is 5.56 Å². The van der Waals surface area contributed by atoms with Gasteiger partial charge in [0.25, 0.3) is 5.56 Å². The van der Waals surface area contributed by atoms with Crippen molar-refractivity contribution < 1.29 is 0 Å². The van der Waals surface area contributed by atoms with Crippen molar-refractivity contribution in [1.29, 1.82) is 0 Å². The first-order chi connectivity index (χ1) is 9.25. The van der Waals surface area contributed by atoms with Crippen LogP contribution >= 0.6 is 15.9 Å². The minimum atomic E-state index is -0.142. The van der Waals surface area contributed by atoms with Crippen molar-refractivity contribution in [3.8, 4) is 5.82 Å². The van der Waals surface area contributed by atoms with Gasteiger partial charge in [0.15, 0.2) is 11.5 Å². The van der Waals surface area contributed by atoms with Crippen LogP contribution in [0.25, 0.3) is 17.0 Å². The number of nitrogens with one attached hydrogen (secondary N) is 2. The molecule has 4 rings (SSSR count). The Morgan fingerprint density at radius 1 is 1.32 bits per heavy atom. The van der Waals surface area contributed by atoms with E-state index in [2.05, 4.69) is 41.0 Å². The van der Waals surface area contributed by atoms with Crippen molar-refractivity contribution in [1.82, 2.24) is 29.7 Å². The second-order valence-electron chi connectivity index (χ2n) is 4.55. The molecule has 3 aromatic heterocycles. The second kappa shape index (κ2) is 3.77. The molecule has 19 heavy (non-hydrogen) atoms. The van der Waals surface area contributed by atoms with E-state index >= 15 is 0 Å². The van der Waals surface area contributed by atoms with Gasteiger partial charge in [-0.05, 0) is 28.8 Å². The van der Waals surface area contributed by atoms with Crippen molar-refractivity contribution in [2.45, 2.75) is 18.8 Å². The zero-order chi connectivity index (χ0) is 13.0. The summed E-state index contributed by atoms with van der Waals surface area (Å²) in [7, 11) is 0. The molecule has 0 aromatic carbocycles. The minimum absolute atomic E-state index is 0.142. The summed E-state index contributed by atoms with van der Waals surface area (Å²) in [5.41, 5.74) is 1.98. The van der Waals surface area contributed by atoms with Gasteiger partial charge in [-0.2, -0.15) is 4.68 Å². The summed E-state index contributed by atoms with van der Waals surface area (Å²) < 4.78 is 2.02. The number of nitrogens with zero attached hydrogens (tertiary/aromatic N) is 4. The summed E-state index contributed by atoms with van der Waals surface area (Å²) in [6.07, 6.45) is 5.16. The summed E-state index contributed by atoms with van der Waals surface area (Å²) >= 11 is 3.36. The number of rotatable bonds is 2. The fourth-order valence-corrected chi connectivity index (χ4v) is 2.74. The van der Waals surface area contributed by atoms with Crippen molar-refractivity contribution >= 4 is 27.1 Å². The van der Waals surface area contributed by atoms with E-state index in [-0.39, 0.29) is 5.56 Å². The first-order valence-electron chi connectivity index (χ1n) is 5.90. The van der Waals surface area contributed by atoms with E-state index in [1.807, 2.05) is 0 Å². The Morgan fingerprint density at radius 2 is 2.16 bits per heavy atom. The maximum Gasteiger partial charge on any atom is 0.287 e. The summed E-state index contributed by atoms with van der Waals surface area (Å²) in [4.78, 5) is 27.5. The highest BCUT2D eigenvalue weighted by Gasteiger charge is 2.30. The van der Waals surface area contributed by atoms with Crippen molar-refractivity contribution in [2.24, 2.45) is 0 Å². The van der Waals surface area contributed by atoms with Gasteiger partial charge in [-0.15, -0.1) is 0 Å². The molecule has 1 aliphatic rings. The van der Waals surface area contributed by atoms with Crippen LogP contribution in [0.2, 0.25) is 0 Å². The molecule has 0 atom stereocenters. The molecule has 0 saturated heterocycles. The van der Waals surface area contributed by atoms with E-state index in [4.69, 9.17) is 0 Å². The lowest BCUT2D eigenvalue weighted by Crippen LogP contribution is -2.16. The summed E-state index contributed by atoms with van der Waals surface area (Å²) in [6.45, 7) is 0. The van der Waals surface area contributed by atoms with Crippen LogP contribution in [0.1, 0.15) is 24.5 Å². The lowest BCUT2D eigenvalue weighted by molar-refractivity contribution is 0.794. The van der Waals surface area contributed by atoms with E-state index in [1.165, 1.54) is 17.3 Å². The Morgan fingerprint density at radius 3 is 2.95 bits per heavy atom. The van der Waals surface area contributed by atoms with Gasteiger partial charge in [-0.3, -0.25) is 9.89 Å². The zero-order valence-electron chi connectivity index (χ0n) is 9.72. The van der Waals surface area contributed by atoms with Crippen LogP contribution in [-0.4, -0.2) is 29.7 Å². The molecule has 0 unspecified atom stereocenters. The normalized spacial score (nSPS) is 15.2. The molecule has 1 fully saturated rings. The van der Waals surface area contributed by atoms with Gasteiger partial charge in [-0.25, -0.2) is 15.0 Å². The Labute approximate surface area is 115 Å². The van der Waals surface area contributed by atoms with Gasteiger partial charge >= 0.3 is 0 Å². The topological polar surface area (TPSA) is 92.2 Å². The van der Waals surface area contributed by atoms with E-state index < -0.39 is 0 Å². The average Bonchev–Trinajstić information content (AvgIpc) is 3.07. The number of hydrogen-bond acceptors (Lipinski definition) is 4. The van der Waals surface area contributed by atoms with Crippen LogP contribution in [0.3, 0.4) is 0 Å². The number of halogens is 1. The molecule has 0 spiro atoms. The van der Waals surface area contributed by atoms with Gasteiger partial charge in [-0.1, -0.05) is 0 Å². The Kier molecular flexibility index (Phi) is 2.16. The number of H-pyrrole nitrogens is 2. The highest BCUT2D eigenvalue weighted by atomic mass is 79.9. The Bertz CT molecular complexity index is 827. The predicted molar refractivity (Wildman–Crippen MR) is 71.3 cm³/mol. The summed E-state index contributed by atoms with van der Waals surface area (Å²) in [6, 6.07) is 0. The number of aromatic amines is 2. The zero-order valence-corrected chi connectivity index (χ0v) is 11.3. The van der Waals surface area contributed by atoms with Gasteiger partial charge in [0, 0.05) is 5.92 Å². The molecule has 1 aliphatic carbocycles. The van der Waals surface area contributed by atoms with Gasteiger partial charge in [0.2, 0.25) is 0 Å². The first-order valence-corrected chi connectivity index (χ1v) is 6.70. The lowest BCUT2D eigenvalue weighted by Gasteiger charge is -2.01. The summed E-state index contributed by atoms with van der Waals surface area (Å²) in [5, 5.41) is 3.13. The second-order valence-corrected chi connectivity index (χ2v) is 5.35. The van der Waals surface area contributed by atoms with Crippen molar-refractivity contribution in [3.05, 3.63) is 33.2 Å². The molecule has 0 radical (unpaired) electrons. The largest absolute Gasteiger partial charge is 0.340 e. The van der Waals surface area contributed by atoms with E-state index in [1.54, 1.807) is 0 Å². The monoisotopic (exact) mass is 320 g/mol. The molecule has 2 N–H and O–H groups in total. The number of hydrogen-bond donors (Lipinski definition) is 2. The maximum absolute atomic E-state index is 12.3. The fourth-order valence-electron chi connectivity index (χ4n) is 2.15. The quantitative estimate of drug-likeness (QED) is 0.748. The minimum Gasteiger partial charge on any atom is -0.340 e.